The number of nitro groups is 1. The van der Waals surface area contributed by atoms with E-state index in [2.05, 4.69) is 5.32 Å². The topological polar surface area (TPSA) is 75.4 Å². The van der Waals surface area contributed by atoms with Gasteiger partial charge < -0.3 is 10.4 Å². The van der Waals surface area contributed by atoms with Gasteiger partial charge in [-0.1, -0.05) is 12.1 Å². The third-order valence-electron chi connectivity index (χ3n) is 3.48. The van der Waals surface area contributed by atoms with Crippen molar-refractivity contribution in [2.75, 3.05) is 6.54 Å². The minimum Gasteiger partial charge on any atom is -0.387 e. The van der Waals surface area contributed by atoms with E-state index >= 15 is 0 Å². The van der Waals surface area contributed by atoms with Crippen molar-refractivity contribution in [1.82, 2.24) is 5.32 Å². The lowest BCUT2D eigenvalue weighted by Crippen LogP contribution is -2.24. The van der Waals surface area contributed by atoms with E-state index in [0.29, 0.717) is 12.1 Å². The fourth-order valence-corrected chi connectivity index (χ4v) is 2.79. The lowest BCUT2D eigenvalue weighted by Gasteiger charge is -2.17. The summed E-state index contributed by atoms with van der Waals surface area (Å²) >= 11 is 1.54. The molecule has 2 N–H and O–H groups in total. The standard InChI is InChI=1S/C15H18N2O3S/c1-10-3-4-12(7-14(10)17(19)20)11(2)16-8-15(18)13-5-6-21-9-13/h3-7,9,11,15-16,18H,8H2,1-2H3/t11-,15-/m1/s1. The monoisotopic (exact) mass is 306 g/mol. The van der Waals surface area contributed by atoms with E-state index in [0.717, 1.165) is 11.1 Å². The van der Waals surface area contributed by atoms with E-state index in [-0.39, 0.29) is 16.7 Å². The van der Waals surface area contributed by atoms with Crippen LogP contribution in [0.15, 0.2) is 35.0 Å². The first-order valence-corrected chi connectivity index (χ1v) is 7.62. The van der Waals surface area contributed by atoms with Crippen LogP contribution in [0.1, 0.15) is 35.8 Å². The van der Waals surface area contributed by atoms with Crippen LogP contribution >= 0.6 is 11.3 Å². The summed E-state index contributed by atoms with van der Waals surface area (Å²) in [5.74, 6) is 0. The highest BCUT2D eigenvalue weighted by molar-refractivity contribution is 7.07. The Labute approximate surface area is 127 Å². The van der Waals surface area contributed by atoms with Crippen LogP contribution in [-0.2, 0) is 0 Å². The number of hydrogen-bond donors (Lipinski definition) is 2. The number of rotatable bonds is 6. The Kier molecular flexibility index (Phi) is 5.06. The second kappa shape index (κ2) is 6.80. The molecule has 1 aromatic carbocycles. The molecule has 21 heavy (non-hydrogen) atoms. The molecule has 0 aliphatic heterocycles. The van der Waals surface area contributed by atoms with Crippen molar-refractivity contribution in [1.29, 1.82) is 0 Å². The summed E-state index contributed by atoms with van der Waals surface area (Å²) in [4.78, 5) is 10.6. The first-order valence-electron chi connectivity index (χ1n) is 6.67. The number of thiophene rings is 1. The maximum absolute atomic E-state index is 11.0. The zero-order valence-electron chi connectivity index (χ0n) is 11.9. The van der Waals surface area contributed by atoms with Crippen molar-refractivity contribution < 1.29 is 10.0 Å². The van der Waals surface area contributed by atoms with Gasteiger partial charge in [-0.15, -0.1) is 0 Å². The third kappa shape index (κ3) is 3.87. The Balaban J connectivity index is 2.02. The van der Waals surface area contributed by atoms with Crippen LogP contribution in [0.3, 0.4) is 0 Å². The Morgan fingerprint density at radius 2 is 2.14 bits per heavy atom. The zero-order valence-corrected chi connectivity index (χ0v) is 12.8. The second-order valence-electron chi connectivity index (χ2n) is 5.01. The van der Waals surface area contributed by atoms with Crippen LogP contribution in [0.2, 0.25) is 0 Å². The summed E-state index contributed by atoms with van der Waals surface area (Å²) in [5, 5.41) is 28.0. The predicted octanol–water partition coefficient (Wildman–Crippen LogP) is 3.35. The molecule has 1 heterocycles. The van der Waals surface area contributed by atoms with Crippen LogP contribution < -0.4 is 5.32 Å². The molecule has 6 heteroatoms. The Morgan fingerprint density at radius 1 is 1.38 bits per heavy atom. The molecule has 0 fully saturated rings. The van der Waals surface area contributed by atoms with Gasteiger partial charge in [-0.2, -0.15) is 11.3 Å². The highest BCUT2D eigenvalue weighted by Gasteiger charge is 2.15. The molecule has 0 aliphatic rings. The summed E-state index contributed by atoms with van der Waals surface area (Å²) in [5.41, 5.74) is 2.49. The molecular formula is C15H18N2O3S. The van der Waals surface area contributed by atoms with Crippen LogP contribution in [0.25, 0.3) is 0 Å². The molecule has 0 saturated heterocycles. The van der Waals surface area contributed by atoms with Gasteiger partial charge in [0.25, 0.3) is 5.69 Å². The van der Waals surface area contributed by atoms with Crippen LogP contribution in [0, 0.1) is 17.0 Å². The van der Waals surface area contributed by atoms with Crippen molar-refractivity contribution in [3.05, 3.63) is 61.8 Å². The molecule has 0 aliphatic carbocycles. The van der Waals surface area contributed by atoms with Crippen molar-refractivity contribution in [2.24, 2.45) is 0 Å². The lowest BCUT2D eigenvalue weighted by atomic mass is 10.0. The summed E-state index contributed by atoms with van der Waals surface area (Å²) in [7, 11) is 0. The summed E-state index contributed by atoms with van der Waals surface area (Å²) in [6.07, 6.45) is -0.570. The number of aliphatic hydroxyl groups excluding tert-OH is 1. The average Bonchev–Trinajstić information content (AvgIpc) is 2.98. The van der Waals surface area contributed by atoms with Crippen LogP contribution in [0.4, 0.5) is 5.69 Å². The summed E-state index contributed by atoms with van der Waals surface area (Å²) in [6, 6.07) is 7.03. The molecule has 2 rings (SSSR count). The fourth-order valence-electron chi connectivity index (χ4n) is 2.08. The van der Waals surface area contributed by atoms with Gasteiger partial charge in [0, 0.05) is 24.2 Å². The lowest BCUT2D eigenvalue weighted by molar-refractivity contribution is -0.385. The van der Waals surface area contributed by atoms with E-state index in [1.54, 1.807) is 30.4 Å². The molecule has 0 amide bonds. The molecule has 0 radical (unpaired) electrons. The van der Waals surface area contributed by atoms with Crippen molar-refractivity contribution in [3.8, 4) is 0 Å². The molecule has 5 nitrogen and oxygen atoms in total. The second-order valence-corrected chi connectivity index (χ2v) is 5.79. The molecule has 0 bridgehead atoms. The third-order valence-corrected chi connectivity index (χ3v) is 4.18. The van der Waals surface area contributed by atoms with Crippen molar-refractivity contribution >= 4 is 17.0 Å². The minimum absolute atomic E-state index is 0.0717. The molecule has 1 aromatic heterocycles. The highest BCUT2D eigenvalue weighted by atomic mass is 32.1. The average molecular weight is 306 g/mol. The number of benzene rings is 1. The van der Waals surface area contributed by atoms with Crippen molar-refractivity contribution in [3.63, 3.8) is 0 Å². The van der Waals surface area contributed by atoms with Gasteiger partial charge in [-0.3, -0.25) is 10.1 Å². The van der Waals surface area contributed by atoms with Gasteiger partial charge in [-0.25, -0.2) is 0 Å². The Hall–Kier alpha value is -1.76. The first-order chi connectivity index (χ1) is 9.99. The SMILES string of the molecule is Cc1ccc([C@@H](C)NC[C@@H](O)c2ccsc2)cc1[N+](=O)[O-]. The van der Waals surface area contributed by atoms with Gasteiger partial charge in [0.15, 0.2) is 0 Å². The Bertz CT molecular complexity index is 613. The van der Waals surface area contributed by atoms with Gasteiger partial charge in [0.1, 0.15) is 0 Å². The molecule has 0 spiro atoms. The summed E-state index contributed by atoms with van der Waals surface area (Å²) in [6.45, 7) is 4.05. The number of aliphatic hydroxyl groups is 1. The summed E-state index contributed by atoms with van der Waals surface area (Å²) < 4.78 is 0. The van der Waals surface area contributed by atoms with E-state index < -0.39 is 6.10 Å². The van der Waals surface area contributed by atoms with Crippen LogP contribution in [0.5, 0.6) is 0 Å². The molecule has 0 unspecified atom stereocenters. The molecular weight excluding hydrogens is 288 g/mol. The molecule has 2 aromatic rings. The van der Waals surface area contributed by atoms with E-state index in [1.807, 2.05) is 29.8 Å². The largest absolute Gasteiger partial charge is 0.387 e. The first kappa shape index (κ1) is 15.6. The normalized spacial score (nSPS) is 13.9. The number of nitro benzene ring substituents is 1. The number of aryl methyl sites for hydroxylation is 1. The van der Waals surface area contributed by atoms with Gasteiger partial charge in [0.05, 0.1) is 11.0 Å². The maximum Gasteiger partial charge on any atom is 0.272 e. The van der Waals surface area contributed by atoms with Crippen molar-refractivity contribution in [2.45, 2.75) is 26.0 Å². The highest BCUT2D eigenvalue weighted by Crippen LogP contribution is 2.24. The molecule has 0 saturated carbocycles. The number of nitrogens with one attached hydrogen (secondary N) is 1. The van der Waals surface area contributed by atoms with Crippen LogP contribution in [-0.4, -0.2) is 16.6 Å². The van der Waals surface area contributed by atoms with Gasteiger partial charge in [-0.05, 0) is 41.8 Å². The number of hydrogen-bond acceptors (Lipinski definition) is 5. The fraction of sp³-hybridized carbons (Fsp3) is 0.333. The predicted molar refractivity (Wildman–Crippen MR) is 83.5 cm³/mol. The smallest absolute Gasteiger partial charge is 0.272 e. The zero-order chi connectivity index (χ0) is 15.4. The number of nitrogens with zero attached hydrogens (tertiary/aromatic N) is 1. The molecule has 112 valence electrons. The van der Waals surface area contributed by atoms with E-state index in [1.165, 1.54) is 0 Å². The van der Waals surface area contributed by atoms with Gasteiger partial charge >= 0.3 is 0 Å². The minimum atomic E-state index is -0.570. The maximum atomic E-state index is 11.0. The van der Waals surface area contributed by atoms with Gasteiger partial charge in [0.2, 0.25) is 0 Å². The Morgan fingerprint density at radius 3 is 2.76 bits per heavy atom. The molecule has 2 atom stereocenters. The van der Waals surface area contributed by atoms with E-state index in [9.17, 15) is 15.2 Å². The quantitative estimate of drug-likeness (QED) is 0.634. The van der Waals surface area contributed by atoms with E-state index in [4.69, 9.17) is 0 Å².